The zero-order chi connectivity index (χ0) is 19.9. The largest absolute Gasteiger partial charge is 0.310 e. The lowest BCUT2D eigenvalue weighted by molar-refractivity contribution is 0.214. The minimum absolute atomic E-state index is 0.551. The van der Waals surface area contributed by atoms with Gasteiger partial charge in [-0.05, 0) is 43.6 Å². The van der Waals surface area contributed by atoms with E-state index in [0.717, 1.165) is 44.0 Å². The summed E-state index contributed by atoms with van der Waals surface area (Å²) in [5.41, 5.74) is 4.56. The molecule has 0 radical (unpaired) electrons. The van der Waals surface area contributed by atoms with E-state index in [2.05, 4.69) is 58.3 Å². The third-order valence-corrected chi connectivity index (χ3v) is 5.52. The molecule has 3 heterocycles. The normalized spacial score (nSPS) is 15.4. The van der Waals surface area contributed by atoms with E-state index >= 15 is 0 Å². The molecule has 0 bridgehead atoms. The molecule has 1 aliphatic heterocycles. The maximum atomic E-state index is 4.89. The highest BCUT2D eigenvalue weighted by molar-refractivity contribution is 5.61. The highest BCUT2D eigenvalue weighted by atomic mass is 15.3. The molecule has 29 heavy (non-hydrogen) atoms. The Morgan fingerprint density at radius 2 is 1.93 bits per heavy atom. The first-order chi connectivity index (χ1) is 14.3. The summed E-state index contributed by atoms with van der Waals surface area (Å²) in [6, 6.07) is 15.1. The molecule has 150 valence electrons. The van der Waals surface area contributed by atoms with E-state index in [0.29, 0.717) is 6.04 Å². The zero-order valence-corrected chi connectivity index (χ0v) is 16.9. The van der Waals surface area contributed by atoms with Gasteiger partial charge in [0.05, 0.1) is 12.2 Å². The standard InChI is InChI=1S/C24H29N5/c1-2-13-28-14-10-23(11-15-28)26-17-22-19-29(18-20-7-4-3-5-8-20)27-24(22)21-9-6-12-25-16-21/h2-9,12,16,19,23,26H,1,10-11,13-15,17-18H2. The predicted octanol–water partition coefficient (Wildman–Crippen LogP) is 3.73. The topological polar surface area (TPSA) is 46.0 Å². The highest BCUT2D eigenvalue weighted by Crippen LogP contribution is 2.22. The van der Waals surface area contributed by atoms with E-state index in [9.17, 15) is 0 Å². The van der Waals surface area contributed by atoms with E-state index in [1.54, 1.807) is 6.20 Å². The fourth-order valence-electron chi connectivity index (χ4n) is 3.95. The van der Waals surface area contributed by atoms with Crippen molar-refractivity contribution in [1.82, 2.24) is 25.0 Å². The van der Waals surface area contributed by atoms with Gasteiger partial charge in [-0.25, -0.2) is 0 Å². The smallest absolute Gasteiger partial charge is 0.0983 e. The van der Waals surface area contributed by atoms with E-state index in [-0.39, 0.29) is 0 Å². The number of nitrogens with zero attached hydrogens (tertiary/aromatic N) is 4. The fourth-order valence-corrected chi connectivity index (χ4v) is 3.95. The molecule has 4 rings (SSSR count). The third-order valence-electron chi connectivity index (χ3n) is 5.52. The van der Waals surface area contributed by atoms with Crippen LogP contribution in [0.25, 0.3) is 11.3 Å². The van der Waals surface area contributed by atoms with Crippen LogP contribution in [-0.4, -0.2) is 45.3 Å². The van der Waals surface area contributed by atoms with Gasteiger partial charge in [0.2, 0.25) is 0 Å². The van der Waals surface area contributed by atoms with E-state index < -0.39 is 0 Å². The van der Waals surface area contributed by atoms with Crippen molar-refractivity contribution >= 4 is 0 Å². The Morgan fingerprint density at radius 1 is 1.10 bits per heavy atom. The Balaban J connectivity index is 1.47. The lowest BCUT2D eigenvalue weighted by Gasteiger charge is -2.31. The summed E-state index contributed by atoms with van der Waals surface area (Å²) in [5, 5.41) is 8.65. The van der Waals surface area contributed by atoms with Gasteiger partial charge >= 0.3 is 0 Å². The second-order valence-corrected chi connectivity index (χ2v) is 7.67. The molecule has 1 N–H and O–H groups in total. The number of hydrogen-bond acceptors (Lipinski definition) is 4. The van der Waals surface area contributed by atoms with E-state index in [1.165, 1.54) is 24.0 Å². The van der Waals surface area contributed by atoms with Crippen LogP contribution in [0.3, 0.4) is 0 Å². The number of likely N-dealkylation sites (tertiary alicyclic amines) is 1. The first kappa shape index (κ1) is 19.6. The third kappa shape index (κ3) is 5.19. The van der Waals surface area contributed by atoms with Gasteiger partial charge in [-0.2, -0.15) is 5.10 Å². The quantitative estimate of drug-likeness (QED) is 0.598. The molecular weight excluding hydrogens is 358 g/mol. The molecule has 0 aliphatic carbocycles. The van der Waals surface area contributed by atoms with Gasteiger partial charge in [0, 0.05) is 48.8 Å². The Hall–Kier alpha value is -2.76. The first-order valence-electron chi connectivity index (χ1n) is 10.4. The lowest BCUT2D eigenvalue weighted by atomic mass is 10.0. The number of rotatable bonds is 8. The molecule has 0 atom stereocenters. The second kappa shape index (κ2) is 9.63. The first-order valence-corrected chi connectivity index (χ1v) is 10.4. The van der Waals surface area contributed by atoms with Crippen molar-refractivity contribution in [3.8, 4) is 11.3 Å². The van der Waals surface area contributed by atoms with Crippen LogP contribution in [0.1, 0.15) is 24.0 Å². The number of piperidine rings is 1. The minimum atomic E-state index is 0.551. The summed E-state index contributed by atoms with van der Waals surface area (Å²) in [6.07, 6.45) is 10.2. The van der Waals surface area contributed by atoms with Crippen LogP contribution < -0.4 is 5.32 Å². The van der Waals surface area contributed by atoms with Crippen molar-refractivity contribution < 1.29 is 0 Å². The monoisotopic (exact) mass is 387 g/mol. The molecule has 1 fully saturated rings. The molecule has 2 aromatic heterocycles. The molecule has 0 saturated carbocycles. The summed E-state index contributed by atoms with van der Waals surface area (Å²) in [7, 11) is 0. The Bertz CT molecular complexity index is 896. The molecule has 5 nitrogen and oxygen atoms in total. The van der Waals surface area contributed by atoms with Gasteiger partial charge in [-0.15, -0.1) is 6.58 Å². The molecule has 0 amide bonds. The molecule has 0 unspecified atom stereocenters. The number of aromatic nitrogens is 3. The van der Waals surface area contributed by atoms with Crippen molar-refractivity contribution in [1.29, 1.82) is 0 Å². The van der Waals surface area contributed by atoms with Crippen molar-refractivity contribution in [3.05, 3.63) is 84.8 Å². The summed E-state index contributed by atoms with van der Waals surface area (Å²) >= 11 is 0. The Morgan fingerprint density at radius 3 is 2.66 bits per heavy atom. The highest BCUT2D eigenvalue weighted by Gasteiger charge is 2.19. The number of hydrogen-bond donors (Lipinski definition) is 1. The number of benzene rings is 1. The Kier molecular flexibility index (Phi) is 6.49. The maximum absolute atomic E-state index is 4.89. The van der Waals surface area contributed by atoms with E-state index in [1.807, 2.05) is 29.1 Å². The molecule has 3 aromatic rings. The van der Waals surface area contributed by atoms with Gasteiger partial charge < -0.3 is 5.32 Å². The summed E-state index contributed by atoms with van der Waals surface area (Å²) in [4.78, 5) is 6.75. The molecular formula is C24H29N5. The predicted molar refractivity (Wildman–Crippen MR) is 118 cm³/mol. The fraction of sp³-hybridized carbons (Fsp3) is 0.333. The molecule has 5 heteroatoms. The average Bonchev–Trinajstić information content (AvgIpc) is 3.17. The molecule has 1 aliphatic rings. The van der Waals surface area contributed by atoms with Crippen LogP contribution in [0.15, 0.2) is 73.7 Å². The van der Waals surface area contributed by atoms with Crippen LogP contribution in [0.5, 0.6) is 0 Å². The number of nitrogens with one attached hydrogen (secondary N) is 1. The van der Waals surface area contributed by atoms with Gasteiger partial charge in [-0.3, -0.25) is 14.6 Å². The minimum Gasteiger partial charge on any atom is -0.310 e. The van der Waals surface area contributed by atoms with E-state index in [4.69, 9.17) is 5.10 Å². The van der Waals surface area contributed by atoms with Crippen molar-refractivity contribution in [3.63, 3.8) is 0 Å². The average molecular weight is 388 g/mol. The molecule has 1 aromatic carbocycles. The SMILES string of the molecule is C=CCN1CCC(NCc2cn(Cc3ccccc3)nc2-c2cccnc2)CC1. The van der Waals surface area contributed by atoms with Crippen molar-refractivity contribution in [2.45, 2.75) is 32.0 Å². The summed E-state index contributed by atoms with van der Waals surface area (Å²) in [6.45, 7) is 8.70. The van der Waals surface area contributed by atoms with Crippen molar-refractivity contribution in [2.75, 3.05) is 19.6 Å². The summed E-state index contributed by atoms with van der Waals surface area (Å²) < 4.78 is 2.04. The Labute approximate surface area is 173 Å². The van der Waals surface area contributed by atoms with Gasteiger partial charge in [0.1, 0.15) is 0 Å². The summed E-state index contributed by atoms with van der Waals surface area (Å²) in [5.74, 6) is 0. The molecule has 1 saturated heterocycles. The lowest BCUT2D eigenvalue weighted by Crippen LogP contribution is -2.42. The van der Waals surface area contributed by atoms with Gasteiger partial charge in [-0.1, -0.05) is 36.4 Å². The van der Waals surface area contributed by atoms with Crippen LogP contribution in [0, 0.1) is 0 Å². The number of pyridine rings is 1. The van der Waals surface area contributed by atoms with Crippen LogP contribution in [0.2, 0.25) is 0 Å². The zero-order valence-electron chi connectivity index (χ0n) is 16.9. The maximum Gasteiger partial charge on any atom is 0.0983 e. The molecule has 0 spiro atoms. The van der Waals surface area contributed by atoms with Gasteiger partial charge in [0.25, 0.3) is 0 Å². The van der Waals surface area contributed by atoms with Crippen LogP contribution in [-0.2, 0) is 13.1 Å². The van der Waals surface area contributed by atoms with Crippen LogP contribution in [0.4, 0.5) is 0 Å². The van der Waals surface area contributed by atoms with Gasteiger partial charge in [0.15, 0.2) is 0 Å². The van der Waals surface area contributed by atoms with Crippen molar-refractivity contribution in [2.24, 2.45) is 0 Å². The second-order valence-electron chi connectivity index (χ2n) is 7.67. The van der Waals surface area contributed by atoms with Crippen LogP contribution >= 0.6 is 0 Å².